The fourth-order valence-electron chi connectivity index (χ4n) is 0.532. The van der Waals surface area contributed by atoms with Gasteiger partial charge < -0.3 is 5.73 Å². The van der Waals surface area contributed by atoms with Crippen LogP contribution in [0, 0.1) is 0 Å². The molecule has 0 aliphatic heterocycles. The Bertz CT molecular complexity index is 332. The number of nitrogens with one attached hydrogen (secondary N) is 1. The molecule has 0 atom stereocenters. The molecule has 0 fully saturated rings. The Kier molecular flexibility index (Phi) is 3.09. The SMILES string of the molecule is NC(=O)C=CC(=O)Nc1nncs1. The summed E-state index contributed by atoms with van der Waals surface area (Å²) in [5.41, 5.74) is 6.26. The normalized spacial score (nSPS) is 10.2. The number of carbonyl (C=O) groups is 2. The smallest absolute Gasteiger partial charge is 0.250 e. The van der Waals surface area contributed by atoms with Crippen molar-refractivity contribution >= 4 is 28.3 Å². The largest absolute Gasteiger partial charge is 0.366 e. The van der Waals surface area contributed by atoms with E-state index in [2.05, 4.69) is 15.5 Å². The molecule has 0 bridgehead atoms. The molecule has 68 valence electrons. The predicted octanol–water partition coefficient (Wildman–Crippen LogP) is -0.482. The van der Waals surface area contributed by atoms with E-state index in [-0.39, 0.29) is 0 Å². The maximum Gasteiger partial charge on any atom is 0.250 e. The highest BCUT2D eigenvalue weighted by Gasteiger charge is 1.99. The second-order valence-corrected chi connectivity index (χ2v) is 2.80. The second-order valence-electron chi connectivity index (χ2n) is 1.97. The summed E-state index contributed by atoms with van der Waals surface area (Å²) >= 11 is 1.18. The molecule has 0 saturated carbocycles. The molecule has 2 amide bonds. The van der Waals surface area contributed by atoms with E-state index in [0.29, 0.717) is 5.13 Å². The van der Waals surface area contributed by atoms with Crippen molar-refractivity contribution in [2.45, 2.75) is 0 Å². The molecular weight excluding hydrogens is 192 g/mol. The van der Waals surface area contributed by atoms with Gasteiger partial charge in [0.2, 0.25) is 16.9 Å². The fraction of sp³-hybridized carbons (Fsp3) is 0. The minimum absolute atomic E-state index is 0.374. The summed E-state index contributed by atoms with van der Waals surface area (Å²) in [7, 11) is 0. The lowest BCUT2D eigenvalue weighted by Crippen LogP contribution is -2.11. The molecule has 7 heteroatoms. The summed E-state index contributed by atoms with van der Waals surface area (Å²) in [6.07, 6.45) is 2.00. The van der Waals surface area contributed by atoms with Crippen LogP contribution in [-0.2, 0) is 9.59 Å². The van der Waals surface area contributed by atoms with Crippen molar-refractivity contribution in [2.75, 3.05) is 5.32 Å². The molecule has 1 rings (SSSR count). The van der Waals surface area contributed by atoms with Gasteiger partial charge in [0, 0.05) is 12.2 Å². The van der Waals surface area contributed by atoms with Crippen LogP contribution in [0.2, 0.25) is 0 Å². The van der Waals surface area contributed by atoms with Crippen molar-refractivity contribution in [1.82, 2.24) is 10.2 Å². The second kappa shape index (κ2) is 4.31. The van der Waals surface area contributed by atoms with Crippen LogP contribution in [0.3, 0.4) is 0 Å². The van der Waals surface area contributed by atoms with E-state index < -0.39 is 11.8 Å². The summed E-state index contributed by atoms with van der Waals surface area (Å²) in [6, 6.07) is 0. The molecule has 0 unspecified atom stereocenters. The Labute approximate surface area is 77.5 Å². The number of aromatic nitrogens is 2. The van der Waals surface area contributed by atoms with E-state index in [0.717, 1.165) is 12.2 Å². The van der Waals surface area contributed by atoms with Crippen molar-refractivity contribution in [3.8, 4) is 0 Å². The van der Waals surface area contributed by atoms with Gasteiger partial charge in [0.15, 0.2) is 0 Å². The Hall–Kier alpha value is -1.76. The minimum Gasteiger partial charge on any atom is -0.366 e. The summed E-state index contributed by atoms with van der Waals surface area (Å²) in [5, 5.41) is 9.84. The lowest BCUT2D eigenvalue weighted by atomic mass is 10.4. The van der Waals surface area contributed by atoms with Crippen LogP contribution in [0.5, 0.6) is 0 Å². The molecule has 0 aliphatic carbocycles. The van der Waals surface area contributed by atoms with E-state index in [4.69, 9.17) is 5.73 Å². The molecule has 1 aromatic heterocycles. The van der Waals surface area contributed by atoms with Crippen molar-refractivity contribution in [2.24, 2.45) is 5.73 Å². The van der Waals surface area contributed by atoms with Gasteiger partial charge in [-0.3, -0.25) is 14.9 Å². The fourth-order valence-corrected chi connectivity index (χ4v) is 0.980. The predicted molar refractivity (Wildman–Crippen MR) is 46.9 cm³/mol. The first kappa shape index (κ1) is 9.33. The maximum absolute atomic E-state index is 10.9. The third-order valence-electron chi connectivity index (χ3n) is 0.989. The summed E-state index contributed by atoms with van der Waals surface area (Å²) < 4.78 is 0. The monoisotopic (exact) mass is 198 g/mol. The summed E-state index contributed by atoms with van der Waals surface area (Å²) in [5.74, 6) is -1.14. The molecule has 1 heterocycles. The van der Waals surface area contributed by atoms with Crippen LogP contribution in [0.25, 0.3) is 0 Å². The van der Waals surface area contributed by atoms with Gasteiger partial charge in [0.1, 0.15) is 5.51 Å². The molecule has 0 saturated heterocycles. The highest BCUT2D eigenvalue weighted by atomic mass is 32.1. The van der Waals surface area contributed by atoms with Gasteiger partial charge in [-0.15, -0.1) is 10.2 Å². The number of rotatable bonds is 3. The van der Waals surface area contributed by atoms with E-state index in [9.17, 15) is 9.59 Å². The molecule has 1 aromatic rings. The Morgan fingerprint density at radius 2 is 2.31 bits per heavy atom. The maximum atomic E-state index is 10.9. The van der Waals surface area contributed by atoms with Crippen LogP contribution in [0.15, 0.2) is 17.7 Å². The molecule has 13 heavy (non-hydrogen) atoms. The van der Waals surface area contributed by atoms with E-state index in [1.54, 1.807) is 0 Å². The highest BCUT2D eigenvalue weighted by Crippen LogP contribution is 2.07. The van der Waals surface area contributed by atoms with E-state index in [1.807, 2.05) is 0 Å². The quantitative estimate of drug-likeness (QED) is 0.641. The average molecular weight is 198 g/mol. The lowest BCUT2D eigenvalue weighted by Gasteiger charge is -1.92. The first-order valence-electron chi connectivity index (χ1n) is 3.23. The average Bonchev–Trinajstić information content (AvgIpc) is 2.53. The highest BCUT2D eigenvalue weighted by molar-refractivity contribution is 7.13. The van der Waals surface area contributed by atoms with Gasteiger partial charge in [0.25, 0.3) is 0 Å². The molecule has 6 nitrogen and oxygen atoms in total. The zero-order chi connectivity index (χ0) is 9.68. The van der Waals surface area contributed by atoms with Gasteiger partial charge in [-0.05, 0) is 0 Å². The van der Waals surface area contributed by atoms with Crippen molar-refractivity contribution < 1.29 is 9.59 Å². The van der Waals surface area contributed by atoms with Crippen LogP contribution in [0.4, 0.5) is 5.13 Å². The number of anilines is 1. The van der Waals surface area contributed by atoms with E-state index >= 15 is 0 Å². The summed E-state index contributed by atoms with van der Waals surface area (Å²) in [4.78, 5) is 21.2. The van der Waals surface area contributed by atoms with Crippen molar-refractivity contribution in [1.29, 1.82) is 0 Å². The number of nitrogens with two attached hydrogens (primary N) is 1. The number of amides is 2. The number of carbonyl (C=O) groups excluding carboxylic acids is 2. The first-order valence-corrected chi connectivity index (χ1v) is 4.11. The van der Waals surface area contributed by atoms with Gasteiger partial charge in [-0.2, -0.15) is 0 Å². The molecular formula is C6H6N4O2S. The Balaban J connectivity index is 2.47. The zero-order valence-corrected chi connectivity index (χ0v) is 7.25. The molecule has 0 spiro atoms. The third-order valence-corrected chi connectivity index (χ3v) is 1.60. The first-order chi connectivity index (χ1) is 6.18. The number of hydrogen-bond acceptors (Lipinski definition) is 5. The van der Waals surface area contributed by atoms with Gasteiger partial charge in [-0.1, -0.05) is 11.3 Å². The van der Waals surface area contributed by atoms with E-state index in [1.165, 1.54) is 16.8 Å². The number of hydrogen-bond donors (Lipinski definition) is 2. The molecule has 3 N–H and O–H groups in total. The Morgan fingerprint density at radius 3 is 2.85 bits per heavy atom. The third kappa shape index (κ3) is 3.43. The minimum atomic E-state index is -0.674. The molecule has 0 aromatic carbocycles. The number of primary amides is 1. The van der Waals surface area contributed by atoms with Crippen LogP contribution >= 0.6 is 11.3 Å². The standard InChI is InChI=1S/C6H6N4O2S/c7-4(11)1-2-5(12)9-6-10-8-3-13-6/h1-3H,(H2,7,11)(H,9,10,12). The van der Waals surface area contributed by atoms with Crippen LogP contribution in [-0.4, -0.2) is 22.0 Å². The van der Waals surface area contributed by atoms with Crippen LogP contribution in [0.1, 0.15) is 0 Å². The zero-order valence-electron chi connectivity index (χ0n) is 6.43. The topological polar surface area (TPSA) is 98.0 Å². The lowest BCUT2D eigenvalue weighted by molar-refractivity contribution is -0.115. The Morgan fingerprint density at radius 1 is 1.54 bits per heavy atom. The molecule has 0 radical (unpaired) electrons. The van der Waals surface area contributed by atoms with Gasteiger partial charge >= 0.3 is 0 Å². The van der Waals surface area contributed by atoms with Gasteiger partial charge in [-0.25, -0.2) is 0 Å². The van der Waals surface area contributed by atoms with Crippen molar-refractivity contribution in [3.63, 3.8) is 0 Å². The van der Waals surface area contributed by atoms with Crippen molar-refractivity contribution in [3.05, 3.63) is 17.7 Å². The van der Waals surface area contributed by atoms with Gasteiger partial charge in [0.05, 0.1) is 0 Å². The van der Waals surface area contributed by atoms with Crippen LogP contribution < -0.4 is 11.1 Å². The molecule has 0 aliphatic rings. The summed E-state index contributed by atoms with van der Waals surface area (Å²) in [6.45, 7) is 0. The number of nitrogens with zero attached hydrogens (tertiary/aromatic N) is 2.